The van der Waals surface area contributed by atoms with Gasteiger partial charge in [0.2, 0.25) is 0 Å². The number of halogens is 3. The first-order chi connectivity index (χ1) is 9.88. The number of aliphatic carboxylic acids is 1. The molecule has 0 fully saturated rings. The lowest BCUT2D eigenvalue weighted by Crippen LogP contribution is -2.30. The highest BCUT2D eigenvalue weighted by Gasteiger charge is 2.43. The van der Waals surface area contributed by atoms with E-state index in [9.17, 15) is 18.0 Å². The Hall–Kier alpha value is -2.30. The molecule has 2 nitrogen and oxygen atoms in total. The molecule has 0 aromatic heterocycles. The molecule has 108 valence electrons. The van der Waals surface area contributed by atoms with Crippen LogP contribution in [-0.2, 0) is 11.2 Å². The molecule has 0 radical (unpaired) electrons. The van der Waals surface area contributed by atoms with Gasteiger partial charge in [-0.2, -0.15) is 13.2 Å². The first-order valence-electron chi connectivity index (χ1n) is 6.40. The zero-order chi connectivity index (χ0) is 15.2. The second-order valence-electron chi connectivity index (χ2n) is 5.05. The highest BCUT2D eigenvalue weighted by molar-refractivity contribution is 5.94. The van der Waals surface area contributed by atoms with Crippen LogP contribution in [0.5, 0.6) is 0 Å². The third-order valence-corrected chi connectivity index (χ3v) is 3.79. The van der Waals surface area contributed by atoms with Crippen LogP contribution in [0.2, 0.25) is 0 Å². The smallest absolute Gasteiger partial charge is 0.413 e. The summed E-state index contributed by atoms with van der Waals surface area (Å²) in [6.45, 7) is 0. The van der Waals surface area contributed by atoms with E-state index in [1.807, 2.05) is 12.1 Å². The molecular formula is C16H11F3O2. The van der Waals surface area contributed by atoms with Gasteiger partial charge in [-0.1, -0.05) is 36.4 Å². The van der Waals surface area contributed by atoms with Crippen LogP contribution in [0.15, 0.2) is 42.0 Å². The molecule has 1 aliphatic carbocycles. The van der Waals surface area contributed by atoms with Gasteiger partial charge in [-0.05, 0) is 34.4 Å². The van der Waals surface area contributed by atoms with Gasteiger partial charge in [0, 0.05) is 5.57 Å². The van der Waals surface area contributed by atoms with E-state index >= 15 is 0 Å². The quantitative estimate of drug-likeness (QED) is 0.861. The molecule has 0 saturated heterocycles. The molecule has 2 aromatic rings. The monoisotopic (exact) mass is 292 g/mol. The average molecular weight is 292 g/mol. The number of carboxylic acids is 1. The fourth-order valence-corrected chi connectivity index (χ4v) is 2.77. The Bertz CT molecular complexity index is 760. The van der Waals surface area contributed by atoms with Crippen molar-refractivity contribution in [1.82, 2.24) is 0 Å². The van der Waals surface area contributed by atoms with Crippen molar-refractivity contribution in [2.24, 2.45) is 5.92 Å². The maximum atomic E-state index is 13.1. The van der Waals surface area contributed by atoms with Crippen LogP contribution in [0, 0.1) is 5.92 Å². The van der Waals surface area contributed by atoms with Gasteiger partial charge in [0.05, 0.1) is 5.92 Å². The minimum absolute atomic E-state index is 0.138. The summed E-state index contributed by atoms with van der Waals surface area (Å²) >= 11 is 0. The third kappa shape index (κ3) is 2.28. The SMILES string of the molecule is O=C(O)C1Cc2ccc3ccccc3c2C=C1C(F)(F)F. The average Bonchev–Trinajstić information content (AvgIpc) is 2.44. The maximum absolute atomic E-state index is 13.1. The van der Waals surface area contributed by atoms with Gasteiger partial charge in [-0.25, -0.2) is 0 Å². The molecule has 0 saturated carbocycles. The molecule has 1 atom stereocenters. The summed E-state index contributed by atoms with van der Waals surface area (Å²) in [7, 11) is 0. The van der Waals surface area contributed by atoms with Crippen LogP contribution in [0.3, 0.4) is 0 Å². The van der Waals surface area contributed by atoms with Crippen LogP contribution in [-0.4, -0.2) is 17.3 Å². The Morgan fingerprint density at radius 1 is 1.14 bits per heavy atom. The van der Waals surface area contributed by atoms with Gasteiger partial charge in [0.15, 0.2) is 0 Å². The minimum Gasteiger partial charge on any atom is -0.481 e. The normalized spacial score (nSPS) is 18.2. The van der Waals surface area contributed by atoms with E-state index in [1.54, 1.807) is 24.3 Å². The predicted molar refractivity (Wildman–Crippen MR) is 72.8 cm³/mol. The number of hydrogen-bond acceptors (Lipinski definition) is 1. The topological polar surface area (TPSA) is 37.3 Å². The Kier molecular flexibility index (Phi) is 3.01. The minimum atomic E-state index is -4.64. The zero-order valence-corrected chi connectivity index (χ0v) is 10.8. The summed E-state index contributed by atoms with van der Waals surface area (Å²) in [6, 6.07) is 10.6. The third-order valence-electron chi connectivity index (χ3n) is 3.79. The largest absolute Gasteiger partial charge is 0.481 e. The molecule has 3 rings (SSSR count). The lowest BCUT2D eigenvalue weighted by atomic mass is 9.81. The molecule has 1 unspecified atom stereocenters. The Morgan fingerprint density at radius 3 is 2.52 bits per heavy atom. The van der Waals surface area contributed by atoms with Crippen molar-refractivity contribution in [2.45, 2.75) is 12.6 Å². The van der Waals surface area contributed by atoms with Gasteiger partial charge in [0.1, 0.15) is 0 Å². The maximum Gasteiger partial charge on any atom is 0.413 e. The van der Waals surface area contributed by atoms with E-state index < -0.39 is 23.6 Å². The van der Waals surface area contributed by atoms with Crippen molar-refractivity contribution in [3.63, 3.8) is 0 Å². The number of carboxylic acid groups (broad SMARTS) is 1. The number of hydrogen-bond donors (Lipinski definition) is 1. The van der Waals surface area contributed by atoms with Crippen LogP contribution < -0.4 is 0 Å². The van der Waals surface area contributed by atoms with E-state index in [1.165, 1.54) is 0 Å². The lowest BCUT2D eigenvalue weighted by Gasteiger charge is -2.25. The van der Waals surface area contributed by atoms with Crippen molar-refractivity contribution >= 4 is 22.8 Å². The summed E-state index contributed by atoms with van der Waals surface area (Å²) in [5, 5.41) is 10.6. The van der Waals surface area contributed by atoms with Crippen LogP contribution in [0.4, 0.5) is 13.2 Å². The standard InChI is InChI=1S/C16H11F3O2/c17-16(18,19)14-8-12-10(7-13(14)15(20)21)6-5-9-3-1-2-4-11(9)12/h1-6,8,13H,7H2,(H,20,21). The van der Waals surface area contributed by atoms with Gasteiger partial charge in [-0.3, -0.25) is 4.79 Å². The van der Waals surface area contributed by atoms with Crippen molar-refractivity contribution in [2.75, 3.05) is 0 Å². The molecule has 0 bridgehead atoms. The molecule has 0 amide bonds. The first kappa shape index (κ1) is 13.7. The summed E-state index contributed by atoms with van der Waals surface area (Å²) in [6.07, 6.45) is -3.79. The van der Waals surface area contributed by atoms with Crippen molar-refractivity contribution in [1.29, 1.82) is 0 Å². The van der Waals surface area contributed by atoms with Crippen LogP contribution in [0.1, 0.15) is 11.1 Å². The van der Waals surface area contributed by atoms with Crippen molar-refractivity contribution in [3.05, 3.63) is 53.1 Å². The number of fused-ring (bicyclic) bond motifs is 3. The molecule has 0 heterocycles. The van der Waals surface area contributed by atoms with E-state index in [4.69, 9.17) is 5.11 Å². The Balaban J connectivity index is 2.27. The number of rotatable bonds is 1. The Morgan fingerprint density at radius 2 is 1.86 bits per heavy atom. The van der Waals surface area contributed by atoms with Crippen molar-refractivity contribution in [3.8, 4) is 0 Å². The number of alkyl halides is 3. The van der Waals surface area contributed by atoms with Crippen molar-refractivity contribution < 1.29 is 23.1 Å². The van der Waals surface area contributed by atoms with Crippen LogP contribution >= 0.6 is 0 Å². The number of benzene rings is 2. The molecule has 1 aliphatic rings. The number of carbonyl (C=O) groups is 1. The zero-order valence-electron chi connectivity index (χ0n) is 10.8. The highest BCUT2D eigenvalue weighted by Crippen LogP contribution is 2.41. The summed E-state index contributed by atoms with van der Waals surface area (Å²) < 4.78 is 39.3. The van der Waals surface area contributed by atoms with E-state index in [0.29, 0.717) is 16.5 Å². The Labute approximate surface area is 118 Å². The van der Waals surface area contributed by atoms with Gasteiger partial charge in [0.25, 0.3) is 0 Å². The molecule has 2 aromatic carbocycles. The molecule has 0 spiro atoms. The summed E-state index contributed by atoms with van der Waals surface area (Å²) in [5.74, 6) is -2.99. The lowest BCUT2D eigenvalue weighted by molar-refractivity contribution is -0.145. The molecule has 0 aliphatic heterocycles. The van der Waals surface area contributed by atoms with Gasteiger partial charge < -0.3 is 5.11 Å². The van der Waals surface area contributed by atoms with E-state index in [0.717, 1.165) is 11.5 Å². The summed E-state index contributed by atoms with van der Waals surface area (Å²) in [5.41, 5.74) is 0.117. The molecular weight excluding hydrogens is 281 g/mol. The fourth-order valence-electron chi connectivity index (χ4n) is 2.77. The highest BCUT2D eigenvalue weighted by atomic mass is 19.4. The second kappa shape index (κ2) is 4.62. The van der Waals surface area contributed by atoms with Gasteiger partial charge >= 0.3 is 12.1 Å². The fraction of sp³-hybridized carbons (Fsp3) is 0.188. The van der Waals surface area contributed by atoms with E-state index in [-0.39, 0.29) is 6.42 Å². The molecule has 5 heteroatoms. The van der Waals surface area contributed by atoms with Gasteiger partial charge in [-0.15, -0.1) is 0 Å². The van der Waals surface area contributed by atoms with E-state index in [2.05, 4.69) is 0 Å². The second-order valence-corrected chi connectivity index (χ2v) is 5.05. The molecule has 21 heavy (non-hydrogen) atoms. The first-order valence-corrected chi connectivity index (χ1v) is 6.40. The van der Waals surface area contributed by atoms with Crippen LogP contribution in [0.25, 0.3) is 16.8 Å². The predicted octanol–water partition coefficient (Wildman–Crippen LogP) is 4.04. The molecule has 1 N–H and O–H groups in total. The summed E-state index contributed by atoms with van der Waals surface area (Å²) in [4.78, 5) is 11.1.